The van der Waals surface area contributed by atoms with Crippen LogP contribution in [0.4, 0.5) is 5.69 Å². The summed E-state index contributed by atoms with van der Waals surface area (Å²) in [6.07, 6.45) is 4.38. The van der Waals surface area contributed by atoms with Crippen molar-refractivity contribution in [2.45, 2.75) is 31.3 Å². The summed E-state index contributed by atoms with van der Waals surface area (Å²) in [5, 5.41) is 0.908. The van der Waals surface area contributed by atoms with E-state index in [1.165, 1.54) is 30.6 Å². The minimum absolute atomic E-state index is 0.0246. The highest BCUT2D eigenvalue weighted by molar-refractivity contribution is 7.92. The summed E-state index contributed by atoms with van der Waals surface area (Å²) < 4.78 is 35.5. The molecule has 1 amide bonds. The minimum atomic E-state index is -4.29. The summed E-state index contributed by atoms with van der Waals surface area (Å²) in [5.74, 6) is -1.01. The lowest BCUT2D eigenvalue weighted by Crippen LogP contribution is -2.39. The molecule has 4 rings (SSSR count). The normalized spacial score (nSPS) is 11.9. The summed E-state index contributed by atoms with van der Waals surface area (Å²) in [4.78, 5) is 32.1. The van der Waals surface area contributed by atoms with Gasteiger partial charge in [0.25, 0.3) is 15.9 Å². The Hall–Kier alpha value is -3.67. The molecule has 0 saturated heterocycles. The van der Waals surface area contributed by atoms with Gasteiger partial charge in [-0.15, -0.1) is 0 Å². The molecular formula is C25H23Cl2N5O5S. The van der Waals surface area contributed by atoms with Crippen LogP contribution in [0.25, 0.3) is 16.7 Å². The number of nitrogens with two attached hydrogens (primary N) is 1. The van der Waals surface area contributed by atoms with Crippen LogP contribution >= 0.6 is 23.2 Å². The Morgan fingerprint density at radius 3 is 2.29 bits per heavy atom. The molecule has 0 unspecified atom stereocenters. The average Bonchev–Trinajstić information content (AvgIpc) is 3.24. The SMILES string of the molecule is CC(C)(C)OC(=O)CN(c1ccc2c(ccn2-c2cnc(C(N)=O)cn2)c1)S(=O)(=O)c1cc(Cl)cc(Cl)c1. The van der Waals surface area contributed by atoms with E-state index in [-0.39, 0.29) is 26.3 Å². The smallest absolute Gasteiger partial charge is 0.327 e. The van der Waals surface area contributed by atoms with Crippen LogP contribution < -0.4 is 10.0 Å². The topological polar surface area (TPSA) is 137 Å². The van der Waals surface area contributed by atoms with E-state index < -0.39 is 34.0 Å². The highest BCUT2D eigenvalue weighted by Gasteiger charge is 2.30. The van der Waals surface area contributed by atoms with Crippen molar-refractivity contribution in [2.24, 2.45) is 5.73 Å². The summed E-state index contributed by atoms with van der Waals surface area (Å²) in [5.41, 5.74) is 5.32. The number of ether oxygens (including phenoxy) is 1. The number of amides is 1. The van der Waals surface area contributed by atoms with Crippen molar-refractivity contribution in [1.29, 1.82) is 0 Å². The first-order valence-corrected chi connectivity index (χ1v) is 13.4. The number of rotatable bonds is 7. The summed E-state index contributed by atoms with van der Waals surface area (Å²) >= 11 is 12.1. The lowest BCUT2D eigenvalue weighted by Gasteiger charge is -2.26. The number of hydrogen-bond acceptors (Lipinski definition) is 7. The van der Waals surface area contributed by atoms with Gasteiger partial charge in [0, 0.05) is 21.6 Å². The molecule has 0 fully saturated rings. The Balaban J connectivity index is 1.78. The van der Waals surface area contributed by atoms with Gasteiger partial charge in [0.05, 0.1) is 28.5 Å². The predicted molar refractivity (Wildman–Crippen MR) is 144 cm³/mol. The van der Waals surface area contributed by atoms with Gasteiger partial charge in [-0.2, -0.15) is 0 Å². The molecule has 0 aliphatic heterocycles. The maximum Gasteiger partial charge on any atom is 0.327 e. The second-order valence-corrected chi connectivity index (χ2v) is 12.0. The van der Waals surface area contributed by atoms with Gasteiger partial charge in [0.1, 0.15) is 17.8 Å². The van der Waals surface area contributed by atoms with Crippen molar-refractivity contribution < 1.29 is 22.7 Å². The van der Waals surface area contributed by atoms with Crippen molar-refractivity contribution in [2.75, 3.05) is 10.8 Å². The second kappa shape index (κ2) is 10.2. The van der Waals surface area contributed by atoms with Crippen molar-refractivity contribution in [3.8, 4) is 5.82 Å². The van der Waals surface area contributed by atoms with Crippen LogP contribution in [-0.4, -0.2) is 47.0 Å². The number of fused-ring (bicyclic) bond motifs is 1. The fourth-order valence-corrected chi connectivity index (χ4v) is 5.80. The number of halogens is 2. The lowest BCUT2D eigenvalue weighted by molar-refractivity contribution is -0.152. The monoisotopic (exact) mass is 575 g/mol. The fourth-order valence-electron chi connectivity index (χ4n) is 3.67. The molecule has 0 spiro atoms. The third kappa shape index (κ3) is 5.90. The molecule has 0 radical (unpaired) electrons. The third-order valence-electron chi connectivity index (χ3n) is 5.22. The summed E-state index contributed by atoms with van der Waals surface area (Å²) in [6, 6.07) is 10.5. The van der Waals surface area contributed by atoms with Crippen molar-refractivity contribution in [1.82, 2.24) is 14.5 Å². The number of benzene rings is 2. The highest BCUT2D eigenvalue weighted by atomic mass is 35.5. The van der Waals surface area contributed by atoms with Gasteiger partial charge in [-0.25, -0.2) is 18.4 Å². The van der Waals surface area contributed by atoms with E-state index >= 15 is 0 Å². The van der Waals surface area contributed by atoms with Crippen LogP contribution in [0.2, 0.25) is 10.0 Å². The van der Waals surface area contributed by atoms with E-state index in [1.807, 2.05) is 0 Å². The quantitative estimate of drug-likeness (QED) is 0.323. The van der Waals surface area contributed by atoms with E-state index in [4.69, 9.17) is 33.7 Å². The molecule has 0 aliphatic carbocycles. The molecule has 0 atom stereocenters. The first-order chi connectivity index (χ1) is 17.7. The zero-order valence-corrected chi connectivity index (χ0v) is 22.9. The number of sulfonamides is 1. The van der Waals surface area contributed by atoms with Gasteiger partial charge in [-0.3, -0.25) is 18.5 Å². The predicted octanol–water partition coefficient (Wildman–Crippen LogP) is 4.36. The number of esters is 1. The highest BCUT2D eigenvalue weighted by Crippen LogP contribution is 2.31. The Morgan fingerprint density at radius 1 is 1.03 bits per heavy atom. The number of nitrogens with zero attached hydrogens (tertiary/aromatic N) is 4. The molecule has 10 nitrogen and oxygen atoms in total. The summed E-state index contributed by atoms with van der Waals surface area (Å²) in [6.45, 7) is 4.48. The fraction of sp³-hybridized carbons (Fsp3) is 0.200. The maximum absolute atomic E-state index is 13.7. The van der Waals surface area contributed by atoms with Crippen molar-refractivity contribution in [3.05, 3.63) is 76.8 Å². The van der Waals surface area contributed by atoms with Crippen LogP contribution in [0, 0.1) is 0 Å². The minimum Gasteiger partial charge on any atom is -0.459 e. The molecule has 13 heteroatoms. The van der Waals surface area contributed by atoms with Gasteiger partial charge in [-0.05, 0) is 63.2 Å². The molecule has 4 aromatic rings. The maximum atomic E-state index is 13.7. The zero-order valence-electron chi connectivity index (χ0n) is 20.6. The van der Waals surface area contributed by atoms with Crippen LogP contribution in [0.15, 0.2) is 66.0 Å². The van der Waals surface area contributed by atoms with Crippen LogP contribution in [0.1, 0.15) is 31.3 Å². The lowest BCUT2D eigenvalue weighted by atomic mass is 10.2. The van der Waals surface area contributed by atoms with Crippen LogP contribution in [-0.2, 0) is 19.6 Å². The first-order valence-electron chi connectivity index (χ1n) is 11.2. The van der Waals surface area contributed by atoms with Gasteiger partial charge < -0.3 is 10.5 Å². The molecular weight excluding hydrogens is 553 g/mol. The molecule has 2 aromatic carbocycles. The van der Waals surface area contributed by atoms with Crippen LogP contribution in [0.3, 0.4) is 0 Å². The number of aromatic nitrogens is 3. The Labute approximate surface area is 229 Å². The average molecular weight is 576 g/mol. The van der Waals surface area contributed by atoms with Gasteiger partial charge in [0.15, 0.2) is 5.82 Å². The molecule has 0 aliphatic rings. The Morgan fingerprint density at radius 2 is 1.71 bits per heavy atom. The van der Waals surface area contributed by atoms with Gasteiger partial charge in [-0.1, -0.05) is 23.2 Å². The number of hydrogen-bond donors (Lipinski definition) is 1. The Bertz CT molecular complexity index is 1630. The second-order valence-electron chi connectivity index (χ2n) is 9.26. The van der Waals surface area contributed by atoms with E-state index in [0.717, 1.165) is 4.31 Å². The summed E-state index contributed by atoms with van der Waals surface area (Å²) in [7, 11) is -4.29. The molecule has 2 heterocycles. The first kappa shape index (κ1) is 27.4. The molecule has 2 N–H and O–H groups in total. The Kier molecular flexibility index (Phi) is 7.37. The zero-order chi connectivity index (χ0) is 27.8. The standard InChI is InChI=1S/C25H23Cl2N5O5S/c1-25(2,3)37-23(33)14-32(38(35,36)19-10-16(26)9-17(27)11-19)18-4-5-21-15(8-18)6-7-31(21)22-13-29-20(12-30-22)24(28)34/h4-13H,14H2,1-3H3,(H2,28,34). The van der Waals surface area contributed by atoms with Crippen molar-refractivity contribution in [3.63, 3.8) is 0 Å². The largest absolute Gasteiger partial charge is 0.459 e. The number of primary amides is 1. The molecule has 0 saturated carbocycles. The molecule has 0 bridgehead atoms. The number of anilines is 1. The van der Waals surface area contributed by atoms with E-state index in [2.05, 4.69) is 9.97 Å². The van der Waals surface area contributed by atoms with Gasteiger partial charge in [0.2, 0.25) is 0 Å². The van der Waals surface area contributed by atoms with Crippen LogP contribution in [0.5, 0.6) is 0 Å². The van der Waals surface area contributed by atoms with Crippen molar-refractivity contribution >= 4 is 61.7 Å². The molecule has 38 heavy (non-hydrogen) atoms. The van der Waals surface area contributed by atoms with E-state index in [0.29, 0.717) is 16.7 Å². The van der Waals surface area contributed by atoms with E-state index in [9.17, 15) is 18.0 Å². The number of carbonyl (C=O) groups is 2. The third-order valence-corrected chi connectivity index (χ3v) is 7.40. The molecule has 198 valence electrons. The van der Waals surface area contributed by atoms with Gasteiger partial charge >= 0.3 is 5.97 Å². The van der Waals surface area contributed by atoms with E-state index in [1.54, 1.807) is 55.8 Å². The molecule has 2 aromatic heterocycles. The number of carbonyl (C=O) groups excluding carboxylic acids is 2.